The molecule has 0 aliphatic heterocycles. The van der Waals surface area contributed by atoms with E-state index in [1.807, 2.05) is 0 Å². The lowest BCUT2D eigenvalue weighted by Crippen LogP contribution is -2.15. The summed E-state index contributed by atoms with van der Waals surface area (Å²) in [7, 11) is 0. The first-order valence-corrected chi connectivity index (χ1v) is 26.2. The molecule has 12 aromatic carbocycles. The Balaban J connectivity index is 1.00. The molecule has 0 spiro atoms. The molecular weight excluding hydrogens is 893 g/mol. The predicted molar refractivity (Wildman–Crippen MR) is 314 cm³/mol. The van der Waals surface area contributed by atoms with E-state index < -0.39 is 0 Å². The summed E-state index contributed by atoms with van der Waals surface area (Å²) in [6.45, 7) is 9.69. The standard InChI is InChI=1S/C72H50N2/c1-71(2)58-32-18-15-30-52(58)68-60(71)37-36-51-57(40-61-69(70(51)68)53-31-16-19-33-59(53)72(61,3)4)67-49-28-13-11-26-47(49)66(48-27-12-14-29-50(48)67)43-35-38-63-54(39-43)56-42-64-55(41-65(56)74(63)45-23-9-6-10-24-45)46-25-17-20-34-62(46)73(64)44-21-7-5-8-22-44/h5-42H,1-4H3. The summed E-state index contributed by atoms with van der Waals surface area (Å²) in [5, 5.41) is 12.7. The molecule has 0 N–H and O–H groups in total. The largest absolute Gasteiger partial charge is 0.309 e. The number of fused-ring (bicyclic) bond motifs is 17. The monoisotopic (exact) mass is 942 g/mol. The third kappa shape index (κ3) is 5.39. The molecule has 2 aliphatic carbocycles. The van der Waals surface area contributed by atoms with Gasteiger partial charge in [-0.2, -0.15) is 0 Å². The topological polar surface area (TPSA) is 9.86 Å². The maximum Gasteiger partial charge on any atom is 0.0548 e. The van der Waals surface area contributed by atoms with Crippen LogP contribution in [0.5, 0.6) is 0 Å². The maximum absolute atomic E-state index is 2.59. The van der Waals surface area contributed by atoms with E-state index in [4.69, 9.17) is 0 Å². The van der Waals surface area contributed by atoms with Gasteiger partial charge in [-0.1, -0.05) is 198 Å². The molecule has 348 valence electrons. The molecule has 2 heteroatoms. The van der Waals surface area contributed by atoms with Crippen molar-refractivity contribution in [3.8, 4) is 55.9 Å². The number of rotatable bonds is 4. The zero-order valence-corrected chi connectivity index (χ0v) is 41.8. The van der Waals surface area contributed by atoms with Crippen molar-refractivity contribution in [1.29, 1.82) is 0 Å². The number of nitrogens with zero attached hydrogens (tertiary/aromatic N) is 2. The van der Waals surface area contributed by atoms with Gasteiger partial charge in [0.15, 0.2) is 0 Å². The number of benzene rings is 12. The van der Waals surface area contributed by atoms with Crippen LogP contribution in [0, 0.1) is 0 Å². The Hall–Kier alpha value is -8.98. The molecule has 0 bridgehead atoms. The Labute approximate surface area is 430 Å². The molecule has 0 radical (unpaired) electrons. The molecule has 0 amide bonds. The summed E-state index contributed by atoms with van der Waals surface area (Å²) in [6, 6.07) is 87.0. The second kappa shape index (κ2) is 14.8. The third-order valence-electron chi connectivity index (χ3n) is 17.5. The lowest BCUT2D eigenvalue weighted by atomic mass is 9.77. The lowest BCUT2D eigenvalue weighted by molar-refractivity contribution is 0.660. The van der Waals surface area contributed by atoms with Gasteiger partial charge in [-0.15, -0.1) is 0 Å². The molecule has 74 heavy (non-hydrogen) atoms. The average Bonchev–Trinajstić information content (AvgIpc) is 4.10. The first kappa shape index (κ1) is 41.6. The number of aromatic nitrogens is 2. The summed E-state index contributed by atoms with van der Waals surface area (Å²) in [5.41, 5.74) is 22.9. The predicted octanol–water partition coefficient (Wildman–Crippen LogP) is 19.3. The van der Waals surface area contributed by atoms with E-state index >= 15 is 0 Å². The zero-order valence-electron chi connectivity index (χ0n) is 41.8. The van der Waals surface area contributed by atoms with Crippen LogP contribution in [0.1, 0.15) is 49.9 Å². The molecule has 0 fully saturated rings. The Morgan fingerprint density at radius 2 is 0.703 bits per heavy atom. The second-order valence-corrected chi connectivity index (χ2v) is 21.9. The molecule has 2 aliphatic rings. The van der Waals surface area contributed by atoms with Crippen LogP contribution in [0.4, 0.5) is 0 Å². The van der Waals surface area contributed by atoms with Crippen molar-refractivity contribution in [3.63, 3.8) is 0 Å². The molecule has 14 aromatic rings. The van der Waals surface area contributed by atoms with Gasteiger partial charge in [-0.05, 0) is 160 Å². The van der Waals surface area contributed by atoms with Crippen LogP contribution < -0.4 is 0 Å². The number of para-hydroxylation sites is 3. The molecule has 2 heterocycles. The van der Waals surface area contributed by atoms with Gasteiger partial charge in [0.25, 0.3) is 0 Å². The van der Waals surface area contributed by atoms with Crippen molar-refractivity contribution in [1.82, 2.24) is 9.13 Å². The van der Waals surface area contributed by atoms with Crippen LogP contribution in [0.3, 0.4) is 0 Å². The summed E-state index contributed by atoms with van der Waals surface area (Å²) in [5.74, 6) is 0. The number of hydrogen-bond donors (Lipinski definition) is 0. The highest BCUT2D eigenvalue weighted by molar-refractivity contribution is 6.27. The van der Waals surface area contributed by atoms with E-state index in [2.05, 4.69) is 267 Å². The third-order valence-corrected chi connectivity index (χ3v) is 17.5. The lowest BCUT2D eigenvalue weighted by Gasteiger charge is -2.26. The highest BCUT2D eigenvalue weighted by atomic mass is 15.0. The van der Waals surface area contributed by atoms with E-state index in [0.717, 1.165) is 11.4 Å². The van der Waals surface area contributed by atoms with Crippen LogP contribution in [-0.4, -0.2) is 9.13 Å². The molecule has 0 saturated heterocycles. The minimum Gasteiger partial charge on any atom is -0.309 e. The Morgan fingerprint density at radius 1 is 0.257 bits per heavy atom. The fourth-order valence-corrected chi connectivity index (χ4v) is 14.2. The summed E-state index contributed by atoms with van der Waals surface area (Å²) >= 11 is 0. The normalized spacial score (nSPS) is 14.2. The molecule has 0 atom stereocenters. The van der Waals surface area contributed by atoms with Gasteiger partial charge in [0.05, 0.1) is 22.1 Å². The fourth-order valence-electron chi connectivity index (χ4n) is 14.2. The second-order valence-electron chi connectivity index (χ2n) is 21.9. The van der Waals surface area contributed by atoms with E-state index in [1.165, 1.54) is 143 Å². The zero-order chi connectivity index (χ0) is 49.2. The quantitative estimate of drug-likeness (QED) is 0.156. The highest BCUT2D eigenvalue weighted by Gasteiger charge is 2.42. The summed E-state index contributed by atoms with van der Waals surface area (Å²) in [4.78, 5) is 0. The first-order valence-electron chi connectivity index (χ1n) is 26.2. The van der Waals surface area contributed by atoms with Gasteiger partial charge in [0.1, 0.15) is 0 Å². The summed E-state index contributed by atoms with van der Waals surface area (Å²) < 4.78 is 4.91. The van der Waals surface area contributed by atoms with Crippen LogP contribution in [-0.2, 0) is 10.8 Å². The van der Waals surface area contributed by atoms with Gasteiger partial charge >= 0.3 is 0 Å². The van der Waals surface area contributed by atoms with E-state index in [-0.39, 0.29) is 10.8 Å². The van der Waals surface area contributed by atoms with Crippen LogP contribution in [0.15, 0.2) is 231 Å². The van der Waals surface area contributed by atoms with Gasteiger partial charge in [0.2, 0.25) is 0 Å². The fraction of sp³-hybridized carbons (Fsp3) is 0.0833. The molecule has 0 saturated carbocycles. The average molecular weight is 943 g/mol. The SMILES string of the molecule is CC1(C)c2ccccc2-c2c1ccc1c(-c3c4ccccc4c(-c4ccc5c(c4)c4cc6c(cc4n5-c4ccccc4)c4ccccc4n6-c4ccccc4)c4ccccc34)cc3c(c21)-c1ccccc1C3(C)C. The van der Waals surface area contributed by atoms with Crippen molar-refractivity contribution >= 4 is 75.9 Å². The van der Waals surface area contributed by atoms with Crippen molar-refractivity contribution in [2.75, 3.05) is 0 Å². The smallest absolute Gasteiger partial charge is 0.0548 e. The van der Waals surface area contributed by atoms with Crippen LogP contribution in [0.25, 0.3) is 132 Å². The van der Waals surface area contributed by atoms with E-state index in [9.17, 15) is 0 Å². The minimum absolute atomic E-state index is 0.126. The van der Waals surface area contributed by atoms with Crippen molar-refractivity contribution in [2.24, 2.45) is 0 Å². The Bertz CT molecular complexity index is 4680. The van der Waals surface area contributed by atoms with Crippen molar-refractivity contribution in [3.05, 3.63) is 253 Å². The Kier molecular flexibility index (Phi) is 8.33. The van der Waals surface area contributed by atoms with Gasteiger partial charge in [-0.25, -0.2) is 0 Å². The van der Waals surface area contributed by atoms with Crippen molar-refractivity contribution in [2.45, 2.75) is 38.5 Å². The molecule has 0 unspecified atom stereocenters. The maximum atomic E-state index is 2.59. The van der Waals surface area contributed by atoms with E-state index in [1.54, 1.807) is 0 Å². The first-order chi connectivity index (χ1) is 36.3. The highest BCUT2D eigenvalue weighted by Crippen LogP contribution is 2.60. The molecular formula is C72H50N2. The van der Waals surface area contributed by atoms with E-state index in [0.29, 0.717) is 0 Å². The van der Waals surface area contributed by atoms with Crippen molar-refractivity contribution < 1.29 is 0 Å². The van der Waals surface area contributed by atoms with Gasteiger partial charge < -0.3 is 9.13 Å². The molecule has 2 nitrogen and oxygen atoms in total. The Morgan fingerprint density at radius 3 is 1.30 bits per heavy atom. The molecule has 16 rings (SSSR count). The number of hydrogen-bond acceptors (Lipinski definition) is 0. The van der Waals surface area contributed by atoms with Gasteiger partial charge in [-0.3, -0.25) is 0 Å². The van der Waals surface area contributed by atoms with Gasteiger partial charge in [0, 0.05) is 43.7 Å². The molecule has 2 aromatic heterocycles. The minimum atomic E-state index is -0.202. The van der Waals surface area contributed by atoms with Crippen LogP contribution in [0.2, 0.25) is 0 Å². The summed E-state index contributed by atoms with van der Waals surface area (Å²) in [6.07, 6.45) is 0. The van der Waals surface area contributed by atoms with Crippen LogP contribution >= 0.6 is 0 Å².